The van der Waals surface area contributed by atoms with Gasteiger partial charge in [-0.15, -0.1) is 0 Å². The monoisotopic (exact) mass is 227 g/mol. The van der Waals surface area contributed by atoms with Crippen molar-refractivity contribution in [2.24, 2.45) is 11.7 Å². The first-order valence-corrected chi connectivity index (χ1v) is 5.72. The maximum Gasteiger partial charge on any atom is 0.133 e. The summed E-state index contributed by atoms with van der Waals surface area (Å²) in [7, 11) is 0. The van der Waals surface area contributed by atoms with Gasteiger partial charge in [0.25, 0.3) is 0 Å². The molecule has 0 aliphatic rings. The topological polar surface area (TPSA) is 26.0 Å². The van der Waals surface area contributed by atoms with E-state index >= 15 is 0 Å². The molecule has 0 saturated heterocycles. The van der Waals surface area contributed by atoms with Gasteiger partial charge in [-0.2, -0.15) is 0 Å². The van der Waals surface area contributed by atoms with Crippen molar-refractivity contribution in [3.05, 3.63) is 34.9 Å². The highest BCUT2D eigenvalue weighted by atomic mass is 19.1. The molecule has 3 heteroatoms. The third kappa shape index (κ3) is 2.40. The molecule has 16 heavy (non-hydrogen) atoms. The molecule has 1 aromatic rings. The van der Waals surface area contributed by atoms with E-state index in [4.69, 9.17) is 5.73 Å². The zero-order valence-electron chi connectivity index (χ0n) is 10.1. The Morgan fingerprint density at radius 2 is 1.75 bits per heavy atom. The van der Waals surface area contributed by atoms with Crippen LogP contribution in [0.25, 0.3) is 0 Å². The van der Waals surface area contributed by atoms with Crippen LogP contribution in [0.15, 0.2) is 12.1 Å². The third-order valence-corrected chi connectivity index (χ3v) is 3.21. The van der Waals surface area contributed by atoms with Crippen LogP contribution in [0.2, 0.25) is 0 Å². The molecule has 0 aliphatic carbocycles. The van der Waals surface area contributed by atoms with Crippen LogP contribution < -0.4 is 5.73 Å². The Morgan fingerprint density at radius 3 is 2.25 bits per heavy atom. The Labute approximate surface area is 95.7 Å². The van der Waals surface area contributed by atoms with Gasteiger partial charge in [0.15, 0.2) is 0 Å². The summed E-state index contributed by atoms with van der Waals surface area (Å²) in [5.41, 5.74) is 6.43. The third-order valence-electron chi connectivity index (χ3n) is 3.21. The normalized spacial score (nSPS) is 13.2. The van der Waals surface area contributed by atoms with Crippen LogP contribution in [0, 0.1) is 24.5 Å². The van der Waals surface area contributed by atoms with E-state index < -0.39 is 17.7 Å². The predicted octanol–water partition coefficient (Wildman–Crippen LogP) is 3.71. The number of halogens is 2. The van der Waals surface area contributed by atoms with Crippen molar-refractivity contribution in [2.75, 3.05) is 0 Å². The minimum atomic E-state index is -0.560. The molecule has 0 saturated carbocycles. The summed E-state index contributed by atoms with van der Waals surface area (Å²) >= 11 is 0. The largest absolute Gasteiger partial charge is 0.324 e. The Morgan fingerprint density at radius 1 is 1.19 bits per heavy atom. The van der Waals surface area contributed by atoms with Crippen molar-refractivity contribution in [2.45, 2.75) is 39.7 Å². The molecule has 1 atom stereocenters. The first-order valence-electron chi connectivity index (χ1n) is 5.72. The van der Waals surface area contributed by atoms with E-state index in [0.29, 0.717) is 5.56 Å². The highest BCUT2D eigenvalue weighted by Gasteiger charge is 2.23. The molecule has 0 aliphatic heterocycles. The quantitative estimate of drug-likeness (QED) is 0.833. The molecule has 0 amide bonds. The van der Waals surface area contributed by atoms with Crippen molar-refractivity contribution < 1.29 is 8.78 Å². The van der Waals surface area contributed by atoms with Crippen LogP contribution in [-0.4, -0.2) is 0 Å². The molecule has 1 nitrogen and oxygen atoms in total. The molecule has 0 aromatic heterocycles. The molecule has 1 rings (SSSR count). The van der Waals surface area contributed by atoms with E-state index in [2.05, 4.69) is 0 Å². The summed E-state index contributed by atoms with van der Waals surface area (Å²) in [5.74, 6) is -0.923. The Bertz CT molecular complexity index is 359. The standard InChI is InChI=1S/C13H19F2N/c1-4-9(5-2)13(16)11-10(14)7-6-8(3)12(11)15/h6-7,9,13H,4-5,16H2,1-3H3. The van der Waals surface area contributed by atoms with E-state index in [0.717, 1.165) is 12.8 Å². The van der Waals surface area contributed by atoms with Crippen LogP contribution in [0.3, 0.4) is 0 Å². The van der Waals surface area contributed by atoms with Gasteiger partial charge in [0.1, 0.15) is 11.6 Å². The second-order valence-corrected chi connectivity index (χ2v) is 4.19. The number of rotatable bonds is 4. The van der Waals surface area contributed by atoms with Gasteiger partial charge in [0.2, 0.25) is 0 Å². The molecular weight excluding hydrogens is 208 g/mol. The average Bonchev–Trinajstić information content (AvgIpc) is 2.26. The molecule has 2 N–H and O–H groups in total. The first-order chi connectivity index (χ1) is 7.52. The second-order valence-electron chi connectivity index (χ2n) is 4.19. The molecule has 1 aromatic carbocycles. The maximum atomic E-state index is 13.8. The summed E-state index contributed by atoms with van der Waals surface area (Å²) in [4.78, 5) is 0. The van der Waals surface area contributed by atoms with Crippen molar-refractivity contribution in [3.8, 4) is 0 Å². The maximum absolute atomic E-state index is 13.8. The fourth-order valence-corrected chi connectivity index (χ4v) is 2.02. The van der Waals surface area contributed by atoms with Crippen LogP contribution in [0.5, 0.6) is 0 Å². The fraction of sp³-hybridized carbons (Fsp3) is 0.538. The lowest BCUT2D eigenvalue weighted by molar-refractivity contribution is 0.380. The summed E-state index contributed by atoms with van der Waals surface area (Å²) < 4.78 is 27.4. The van der Waals surface area contributed by atoms with Gasteiger partial charge >= 0.3 is 0 Å². The van der Waals surface area contributed by atoms with Gasteiger partial charge in [-0.05, 0) is 24.5 Å². The lowest BCUT2D eigenvalue weighted by atomic mass is 9.88. The van der Waals surface area contributed by atoms with Crippen molar-refractivity contribution in [3.63, 3.8) is 0 Å². The minimum Gasteiger partial charge on any atom is -0.324 e. The Balaban J connectivity index is 3.16. The molecule has 1 unspecified atom stereocenters. The van der Waals surface area contributed by atoms with E-state index in [-0.39, 0.29) is 11.5 Å². The summed E-state index contributed by atoms with van der Waals surface area (Å²) in [6, 6.07) is 2.17. The van der Waals surface area contributed by atoms with Crippen molar-refractivity contribution in [1.29, 1.82) is 0 Å². The number of hydrogen-bond acceptors (Lipinski definition) is 1. The van der Waals surface area contributed by atoms with E-state index in [9.17, 15) is 8.78 Å². The van der Waals surface area contributed by atoms with Gasteiger partial charge in [-0.3, -0.25) is 0 Å². The second kappa shape index (κ2) is 5.39. The van der Waals surface area contributed by atoms with Gasteiger partial charge < -0.3 is 5.73 Å². The van der Waals surface area contributed by atoms with E-state index in [1.54, 1.807) is 6.92 Å². The summed E-state index contributed by atoms with van der Waals surface area (Å²) in [6.45, 7) is 5.59. The SMILES string of the molecule is CCC(CC)C(N)c1c(F)ccc(C)c1F. The van der Waals surface area contributed by atoms with E-state index in [1.165, 1.54) is 12.1 Å². The lowest BCUT2D eigenvalue weighted by Gasteiger charge is -2.23. The minimum absolute atomic E-state index is 0.0358. The van der Waals surface area contributed by atoms with Gasteiger partial charge in [0, 0.05) is 11.6 Å². The molecular formula is C13H19F2N. The molecule has 90 valence electrons. The number of aryl methyl sites for hydroxylation is 1. The summed E-state index contributed by atoms with van der Waals surface area (Å²) in [5, 5.41) is 0. The smallest absolute Gasteiger partial charge is 0.133 e. The molecule has 0 radical (unpaired) electrons. The molecule has 0 bridgehead atoms. The molecule has 0 spiro atoms. The lowest BCUT2D eigenvalue weighted by Crippen LogP contribution is -2.23. The van der Waals surface area contributed by atoms with E-state index in [1.807, 2.05) is 13.8 Å². The van der Waals surface area contributed by atoms with Crippen LogP contribution in [0.1, 0.15) is 43.9 Å². The Hall–Kier alpha value is -0.960. The number of benzene rings is 1. The van der Waals surface area contributed by atoms with Gasteiger partial charge in [-0.25, -0.2) is 8.78 Å². The van der Waals surface area contributed by atoms with Crippen molar-refractivity contribution >= 4 is 0 Å². The highest BCUT2D eigenvalue weighted by molar-refractivity contribution is 5.29. The summed E-state index contributed by atoms with van der Waals surface area (Å²) in [6.07, 6.45) is 1.65. The predicted molar refractivity (Wildman–Crippen MR) is 62.1 cm³/mol. The fourth-order valence-electron chi connectivity index (χ4n) is 2.02. The first kappa shape index (κ1) is 13.1. The van der Waals surface area contributed by atoms with Gasteiger partial charge in [-0.1, -0.05) is 32.8 Å². The highest BCUT2D eigenvalue weighted by Crippen LogP contribution is 2.30. The number of hydrogen-bond donors (Lipinski definition) is 1. The van der Waals surface area contributed by atoms with Crippen molar-refractivity contribution in [1.82, 2.24) is 0 Å². The van der Waals surface area contributed by atoms with Crippen LogP contribution in [0.4, 0.5) is 8.78 Å². The number of nitrogens with two attached hydrogens (primary N) is 1. The zero-order chi connectivity index (χ0) is 12.3. The molecule has 0 heterocycles. The Kier molecular flexibility index (Phi) is 4.42. The molecule has 0 fully saturated rings. The van der Waals surface area contributed by atoms with Gasteiger partial charge in [0.05, 0.1) is 0 Å². The zero-order valence-corrected chi connectivity index (χ0v) is 10.1. The van der Waals surface area contributed by atoms with Crippen LogP contribution >= 0.6 is 0 Å². The van der Waals surface area contributed by atoms with Crippen LogP contribution in [-0.2, 0) is 0 Å². The average molecular weight is 227 g/mol.